The fraction of sp³-hybridized carbons (Fsp3) is 0.525. The van der Waals surface area contributed by atoms with E-state index in [9.17, 15) is 18.4 Å². The summed E-state index contributed by atoms with van der Waals surface area (Å²) in [5.74, 6) is -3.36. The molecule has 3 fully saturated rings. The molecule has 1 saturated heterocycles. The van der Waals surface area contributed by atoms with Gasteiger partial charge in [-0.05, 0) is 110 Å². The van der Waals surface area contributed by atoms with Crippen molar-refractivity contribution >= 4 is 40.0 Å². The van der Waals surface area contributed by atoms with Gasteiger partial charge in [-0.15, -0.1) is 0 Å². The van der Waals surface area contributed by atoms with E-state index in [0.29, 0.717) is 33.4 Å². The predicted octanol–water partition coefficient (Wildman–Crippen LogP) is 7.82. The highest BCUT2D eigenvalue weighted by atomic mass is 19.3. The number of aromatic nitrogens is 4. The Morgan fingerprint density at radius 2 is 1.78 bits per heavy atom. The molecule has 54 heavy (non-hydrogen) atoms. The summed E-state index contributed by atoms with van der Waals surface area (Å²) in [4.78, 5) is 45.8. The molecule has 2 N–H and O–H groups in total. The molecule has 1 aromatic carbocycles. The molecule has 2 aliphatic heterocycles. The number of benzene rings is 1. The van der Waals surface area contributed by atoms with Gasteiger partial charge in [0, 0.05) is 47.1 Å². The SMILES string of the molecule is Cc1c(C(=O)NCC(F)F)cc(Nc2nc(-c3cnc4c(c3)N([C@H]3C[C@@](C)(N5CCCC6(CC6)C5)C3)C(=O)C4(C)C)cc3ncn(C(C)C)c23)c(F)c1F. The number of carbonyl (C=O) groups is 2. The summed E-state index contributed by atoms with van der Waals surface area (Å²) in [5.41, 5.74) is 2.18. The van der Waals surface area contributed by atoms with Crippen LogP contribution in [0.15, 0.2) is 30.7 Å². The van der Waals surface area contributed by atoms with Crippen molar-refractivity contribution in [2.24, 2.45) is 5.41 Å². The van der Waals surface area contributed by atoms with Gasteiger partial charge in [0.1, 0.15) is 5.52 Å². The number of rotatable bonds is 9. The molecule has 4 aromatic rings. The van der Waals surface area contributed by atoms with Crippen LogP contribution in [0.1, 0.15) is 101 Å². The van der Waals surface area contributed by atoms with Gasteiger partial charge >= 0.3 is 0 Å². The van der Waals surface area contributed by atoms with Gasteiger partial charge in [0.2, 0.25) is 5.91 Å². The molecule has 2 aliphatic carbocycles. The number of nitrogens with one attached hydrogen (secondary N) is 2. The first-order valence-corrected chi connectivity index (χ1v) is 18.8. The van der Waals surface area contributed by atoms with Crippen molar-refractivity contribution in [2.75, 3.05) is 29.9 Å². The number of piperidine rings is 1. The zero-order chi connectivity index (χ0) is 38.5. The van der Waals surface area contributed by atoms with Gasteiger partial charge in [-0.3, -0.25) is 19.5 Å². The van der Waals surface area contributed by atoms with E-state index in [0.717, 1.165) is 37.7 Å². The van der Waals surface area contributed by atoms with Crippen molar-refractivity contribution in [1.82, 2.24) is 29.7 Å². The van der Waals surface area contributed by atoms with E-state index in [1.807, 2.05) is 43.2 Å². The number of carbonyl (C=O) groups excluding carboxylic acids is 2. The quantitative estimate of drug-likeness (QED) is 0.168. The average molecular weight is 747 g/mol. The normalized spacial score (nSPS) is 23.0. The highest BCUT2D eigenvalue weighted by Crippen LogP contribution is 2.56. The fourth-order valence-corrected chi connectivity index (χ4v) is 8.91. The Hall–Kier alpha value is -4.59. The largest absolute Gasteiger partial charge is 0.346 e. The number of amides is 2. The molecule has 10 nitrogen and oxygen atoms in total. The summed E-state index contributed by atoms with van der Waals surface area (Å²) in [6.07, 6.45) is 7.40. The Balaban J connectivity index is 1.16. The predicted molar refractivity (Wildman–Crippen MR) is 198 cm³/mol. The third-order valence-corrected chi connectivity index (χ3v) is 12.3. The van der Waals surface area contributed by atoms with Gasteiger partial charge in [-0.25, -0.2) is 27.5 Å². The zero-order valence-electron chi connectivity index (χ0n) is 31.5. The number of alkyl halides is 2. The molecule has 0 bridgehead atoms. The maximum absolute atomic E-state index is 15.6. The molecule has 5 heterocycles. The number of fused-ring (bicyclic) bond motifs is 2. The number of halogens is 4. The van der Waals surface area contributed by atoms with E-state index in [4.69, 9.17) is 9.97 Å². The first-order chi connectivity index (χ1) is 25.5. The van der Waals surface area contributed by atoms with E-state index in [1.54, 1.807) is 18.6 Å². The lowest BCUT2D eigenvalue weighted by molar-refractivity contribution is -0.124. The number of anilines is 3. The molecule has 2 saturated carbocycles. The zero-order valence-corrected chi connectivity index (χ0v) is 31.5. The van der Waals surface area contributed by atoms with Gasteiger partial charge in [-0.1, -0.05) is 0 Å². The van der Waals surface area contributed by atoms with E-state index in [-0.39, 0.29) is 40.5 Å². The van der Waals surface area contributed by atoms with E-state index < -0.39 is 41.6 Å². The maximum Gasteiger partial charge on any atom is 0.255 e. The lowest BCUT2D eigenvalue weighted by atomic mass is 9.70. The first kappa shape index (κ1) is 36.4. The van der Waals surface area contributed by atoms with Crippen LogP contribution in [0.5, 0.6) is 0 Å². The minimum absolute atomic E-state index is 0.0122. The van der Waals surface area contributed by atoms with Crippen molar-refractivity contribution < 1.29 is 27.2 Å². The van der Waals surface area contributed by atoms with E-state index in [1.165, 1.54) is 32.6 Å². The Kier molecular flexibility index (Phi) is 8.59. The molecule has 0 radical (unpaired) electrons. The van der Waals surface area contributed by atoms with E-state index >= 15 is 8.78 Å². The lowest BCUT2D eigenvalue weighted by Gasteiger charge is -2.56. The third-order valence-electron chi connectivity index (χ3n) is 12.3. The fourth-order valence-electron chi connectivity index (χ4n) is 8.91. The molecule has 2 amide bonds. The molecule has 14 heteroatoms. The van der Waals surface area contributed by atoms with Crippen LogP contribution in [0, 0.1) is 24.0 Å². The highest BCUT2D eigenvalue weighted by Gasteiger charge is 2.57. The molecule has 3 aromatic heterocycles. The highest BCUT2D eigenvalue weighted by molar-refractivity contribution is 6.08. The maximum atomic E-state index is 15.6. The van der Waals surface area contributed by atoms with E-state index in [2.05, 4.69) is 27.4 Å². The topological polar surface area (TPSA) is 108 Å². The Labute approximate surface area is 311 Å². The van der Waals surface area contributed by atoms with Gasteiger partial charge in [0.15, 0.2) is 17.5 Å². The second-order valence-electron chi connectivity index (χ2n) is 16.9. The summed E-state index contributed by atoms with van der Waals surface area (Å²) in [6, 6.07) is 4.75. The van der Waals surface area contributed by atoms with Crippen LogP contribution in [-0.2, 0) is 10.2 Å². The molecule has 4 aliphatic rings. The van der Waals surface area contributed by atoms with Crippen molar-refractivity contribution in [3.8, 4) is 11.3 Å². The summed E-state index contributed by atoms with van der Waals surface area (Å²) in [6.45, 7) is 12.5. The molecule has 0 atom stereocenters. The van der Waals surface area contributed by atoms with Crippen molar-refractivity contribution in [3.05, 3.63) is 59.2 Å². The van der Waals surface area contributed by atoms with Crippen LogP contribution in [0.4, 0.5) is 34.8 Å². The Morgan fingerprint density at radius 1 is 1.04 bits per heavy atom. The number of pyridine rings is 2. The van der Waals surface area contributed by atoms with Crippen LogP contribution in [0.2, 0.25) is 0 Å². The van der Waals surface area contributed by atoms with Crippen molar-refractivity contribution in [1.29, 1.82) is 0 Å². The third kappa shape index (κ3) is 5.91. The Bertz CT molecular complexity index is 2190. The van der Waals surface area contributed by atoms with Gasteiger partial charge in [0.25, 0.3) is 12.3 Å². The molecule has 8 rings (SSSR count). The Morgan fingerprint density at radius 3 is 2.46 bits per heavy atom. The molecule has 1 spiro atoms. The number of nitrogens with zero attached hydrogens (tertiary/aromatic N) is 6. The minimum Gasteiger partial charge on any atom is -0.346 e. The summed E-state index contributed by atoms with van der Waals surface area (Å²) < 4.78 is 58.3. The van der Waals surface area contributed by atoms with Crippen LogP contribution >= 0.6 is 0 Å². The summed E-state index contributed by atoms with van der Waals surface area (Å²) in [5, 5.41) is 4.96. The molecule has 0 unspecified atom stereocenters. The number of hydrogen-bond acceptors (Lipinski definition) is 7. The number of hydrogen-bond donors (Lipinski definition) is 2. The van der Waals surface area contributed by atoms with Crippen LogP contribution < -0.4 is 15.5 Å². The number of imidazole rings is 1. The van der Waals surface area contributed by atoms with Crippen LogP contribution in [0.25, 0.3) is 22.3 Å². The summed E-state index contributed by atoms with van der Waals surface area (Å²) in [7, 11) is 0. The minimum atomic E-state index is -2.82. The molecular weight excluding hydrogens is 700 g/mol. The second-order valence-corrected chi connectivity index (χ2v) is 16.9. The second kappa shape index (κ2) is 12.7. The lowest BCUT2D eigenvalue weighted by Crippen LogP contribution is -2.64. The smallest absolute Gasteiger partial charge is 0.255 e. The number of likely N-dealkylation sites (tertiary alicyclic amines) is 1. The molecular formula is C40H46F4N8O2. The van der Waals surface area contributed by atoms with Crippen LogP contribution in [-0.4, -0.2) is 73.9 Å². The monoisotopic (exact) mass is 746 g/mol. The molecule has 286 valence electrons. The average Bonchev–Trinajstić information content (AvgIpc) is 3.64. The first-order valence-electron chi connectivity index (χ1n) is 18.8. The van der Waals surface area contributed by atoms with Gasteiger partial charge in [-0.2, -0.15) is 0 Å². The summed E-state index contributed by atoms with van der Waals surface area (Å²) >= 11 is 0. The van der Waals surface area contributed by atoms with Gasteiger partial charge in [0.05, 0.1) is 46.6 Å². The van der Waals surface area contributed by atoms with Crippen LogP contribution in [0.3, 0.4) is 0 Å². The van der Waals surface area contributed by atoms with Crippen molar-refractivity contribution in [2.45, 2.75) is 110 Å². The standard InChI is InChI=1S/C40H46F4N8O2/c1-21(2)51-20-47-28-14-26(48-35(33(28)51)49-27-13-25(22(3)31(43)32(27)44)36(53)46-18-30(41)42)23-12-29-34(45-17-23)38(4,5)37(54)52(29)24-15-39(6,16-24)50-11-7-8-40(19-50)9-10-40/h12-14,17,20-21,24,30H,7-11,15-16,18-19H2,1-6H3,(H,46,53)(H,48,49)/t24-,39+. The van der Waals surface area contributed by atoms with Crippen molar-refractivity contribution in [3.63, 3.8) is 0 Å². The van der Waals surface area contributed by atoms with Gasteiger partial charge < -0.3 is 20.1 Å².